The van der Waals surface area contributed by atoms with Gasteiger partial charge in [0, 0.05) is 24.3 Å². The molecule has 3 fully saturated rings. The summed E-state index contributed by atoms with van der Waals surface area (Å²) in [5.41, 5.74) is 6.14. The van der Waals surface area contributed by atoms with Crippen LogP contribution in [0.5, 0.6) is 0 Å². The molecule has 6 nitrogen and oxygen atoms in total. The molecule has 1 amide bonds. The normalized spacial score (nSPS) is 19.9. The van der Waals surface area contributed by atoms with Crippen molar-refractivity contribution in [3.05, 3.63) is 46.8 Å². The summed E-state index contributed by atoms with van der Waals surface area (Å²) in [6.45, 7) is 8.22. The van der Waals surface area contributed by atoms with E-state index in [0.29, 0.717) is 6.04 Å². The largest absolute Gasteiger partial charge is 0.483 e. The average Bonchev–Trinajstić information content (AvgIpc) is 3.28. The first-order chi connectivity index (χ1) is 17.4. The topological polar surface area (TPSA) is 91.6 Å². The van der Waals surface area contributed by atoms with Gasteiger partial charge in [-0.1, -0.05) is 38.8 Å². The lowest BCUT2D eigenvalue weighted by Gasteiger charge is -2.27. The van der Waals surface area contributed by atoms with Gasteiger partial charge in [-0.3, -0.25) is 9.59 Å². The molecule has 2 aromatic rings. The van der Waals surface area contributed by atoms with Gasteiger partial charge in [0.15, 0.2) is 0 Å². The van der Waals surface area contributed by atoms with Crippen LogP contribution in [-0.4, -0.2) is 33.2 Å². The quantitative estimate of drug-likeness (QED) is 0.396. The van der Waals surface area contributed by atoms with Gasteiger partial charge in [-0.2, -0.15) is 0 Å². The van der Waals surface area contributed by atoms with Crippen LogP contribution in [-0.2, 0) is 29.3 Å². The zero-order chi connectivity index (χ0) is 27.0. The SMILES string of the molecule is Cn1c(C(=O)NC2CCC2)cc(-c2cc(C(C)(C)O)cc(C3(C)CC3)c2)c1CC1(C)CCCC1.O=CO. The van der Waals surface area contributed by atoms with E-state index in [1.54, 1.807) is 0 Å². The van der Waals surface area contributed by atoms with Crippen LogP contribution in [0.3, 0.4) is 0 Å². The fourth-order valence-corrected chi connectivity index (χ4v) is 5.91. The van der Waals surface area contributed by atoms with Gasteiger partial charge in [0.2, 0.25) is 0 Å². The van der Waals surface area contributed by atoms with Gasteiger partial charge >= 0.3 is 0 Å². The number of rotatable bonds is 7. The molecule has 1 aromatic carbocycles. The fraction of sp³-hybridized carbons (Fsp3) is 0.613. The molecule has 0 radical (unpaired) electrons. The van der Waals surface area contributed by atoms with Crippen molar-refractivity contribution < 1.29 is 19.8 Å². The molecule has 5 rings (SSSR count). The van der Waals surface area contributed by atoms with Crippen LogP contribution in [0.15, 0.2) is 24.3 Å². The lowest BCUT2D eigenvalue weighted by molar-refractivity contribution is -0.122. The molecule has 0 aliphatic heterocycles. The standard InChI is InChI=1S/C30H42N2O2.CH2O2/c1-28(2,34)21-15-20(16-22(17-21)30(4)13-14-30)24-18-25(27(33)31-23-9-8-10-23)32(5)26(24)19-29(3)11-6-7-12-29;2-1-3/h15-18,23,34H,6-14,19H2,1-5H3,(H,31,33);1H,(H,2,3). The van der Waals surface area contributed by atoms with Crippen molar-refractivity contribution in [3.63, 3.8) is 0 Å². The molecule has 1 aromatic heterocycles. The van der Waals surface area contributed by atoms with Crippen molar-refractivity contribution in [1.29, 1.82) is 0 Å². The summed E-state index contributed by atoms with van der Waals surface area (Å²) in [6, 6.07) is 9.11. The highest BCUT2D eigenvalue weighted by Gasteiger charge is 2.40. The summed E-state index contributed by atoms with van der Waals surface area (Å²) >= 11 is 0. The highest BCUT2D eigenvalue weighted by molar-refractivity contribution is 5.95. The molecule has 0 spiro atoms. The Morgan fingerprint density at radius 1 is 1.08 bits per heavy atom. The van der Waals surface area contributed by atoms with Crippen molar-refractivity contribution in [1.82, 2.24) is 9.88 Å². The molecule has 3 aliphatic carbocycles. The lowest BCUT2D eigenvalue weighted by atomic mass is 9.81. The van der Waals surface area contributed by atoms with Gasteiger partial charge in [-0.15, -0.1) is 0 Å². The van der Waals surface area contributed by atoms with Crippen molar-refractivity contribution in [2.45, 2.75) is 109 Å². The summed E-state index contributed by atoms with van der Waals surface area (Å²) in [7, 11) is 2.07. The maximum absolute atomic E-state index is 13.3. The maximum Gasteiger partial charge on any atom is 0.290 e. The molecule has 0 atom stereocenters. The lowest BCUT2D eigenvalue weighted by Crippen LogP contribution is -2.40. The Morgan fingerprint density at radius 2 is 1.70 bits per heavy atom. The minimum atomic E-state index is -0.910. The molecule has 37 heavy (non-hydrogen) atoms. The van der Waals surface area contributed by atoms with Gasteiger partial charge in [0.1, 0.15) is 5.69 Å². The number of carbonyl (C=O) groups excluding carboxylic acids is 1. The second kappa shape index (κ2) is 10.3. The van der Waals surface area contributed by atoms with E-state index in [0.717, 1.165) is 41.6 Å². The number of aliphatic hydroxyl groups is 1. The first kappa shape index (κ1) is 27.4. The molecule has 1 heterocycles. The Kier molecular flexibility index (Phi) is 7.62. The number of hydrogen-bond donors (Lipinski definition) is 3. The van der Waals surface area contributed by atoms with Crippen molar-refractivity contribution >= 4 is 12.4 Å². The molecule has 0 bridgehead atoms. The first-order valence-electron chi connectivity index (χ1n) is 13.9. The summed E-state index contributed by atoms with van der Waals surface area (Å²) in [4.78, 5) is 21.6. The van der Waals surface area contributed by atoms with E-state index < -0.39 is 5.60 Å². The Bertz CT molecular complexity index is 1120. The van der Waals surface area contributed by atoms with Crippen LogP contribution in [0.2, 0.25) is 0 Å². The summed E-state index contributed by atoms with van der Waals surface area (Å²) in [6.07, 6.45) is 11.8. The number of carbonyl (C=O) groups is 2. The van der Waals surface area contributed by atoms with Crippen molar-refractivity contribution in [2.75, 3.05) is 0 Å². The molecule has 3 saturated carbocycles. The van der Waals surface area contributed by atoms with E-state index in [1.807, 2.05) is 13.8 Å². The van der Waals surface area contributed by atoms with Crippen LogP contribution in [0.25, 0.3) is 11.1 Å². The van der Waals surface area contributed by atoms with E-state index in [4.69, 9.17) is 9.90 Å². The third kappa shape index (κ3) is 5.95. The number of carboxylic acid groups (broad SMARTS) is 1. The van der Waals surface area contributed by atoms with Crippen LogP contribution in [0, 0.1) is 5.41 Å². The van der Waals surface area contributed by atoms with Crippen LogP contribution in [0.4, 0.5) is 0 Å². The van der Waals surface area contributed by atoms with Gasteiger partial charge in [-0.25, -0.2) is 0 Å². The molecular weight excluding hydrogens is 464 g/mol. The van der Waals surface area contributed by atoms with Crippen LogP contribution < -0.4 is 5.32 Å². The molecule has 3 N–H and O–H groups in total. The number of benzene rings is 1. The maximum atomic E-state index is 13.3. The van der Waals surface area contributed by atoms with E-state index >= 15 is 0 Å². The zero-order valence-corrected chi connectivity index (χ0v) is 23.2. The summed E-state index contributed by atoms with van der Waals surface area (Å²) in [5.74, 6) is 0.0456. The molecule has 202 valence electrons. The smallest absolute Gasteiger partial charge is 0.290 e. The van der Waals surface area contributed by atoms with E-state index in [9.17, 15) is 9.90 Å². The van der Waals surface area contributed by atoms with Gasteiger partial charge in [0.05, 0.1) is 5.60 Å². The van der Waals surface area contributed by atoms with Gasteiger partial charge in [-0.05, 0) is 105 Å². The average molecular weight is 509 g/mol. The van der Waals surface area contributed by atoms with E-state index in [1.165, 1.54) is 56.2 Å². The number of hydrogen-bond acceptors (Lipinski definition) is 3. The summed E-state index contributed by atoms with van der Waals surface area (Å²) < 4.78 is 2.15. The van der Waals surface area contributed by atoms with Crippen molar-refractivity contribution in [3.8, 4) is 11.1 Å². The molecule has 0 unspecified atom stereocenters. The number of nitrogens with one attached hydrogen (secondary N) is 1. The van der Waals surface area contributed by atoms with E-state index in [-0.39, 0.29) is 23.2 Å². The Balaban J connectivity index is 0.00000102. The van der Waals surface area contributed by atoms with Crippen LogP contribution >= 0.6 is 0 Å². The second-order valence-electron chi connectivity index (χ2n) is 12.8. The zero-order valence-electron chi connectivity index (χ0n) is 23.2. The van der Waals surface area contributed by atoms with Gasteiger partial charge in [0.25, 0.3) is 12.4 Å². The minimum absolute atomic E-state index is 0.0456. The first-order valence-corrected chi connectivity index (χ1v) is 13.9. The number of amides is 1. The molecule has 0 saturated heterocycles. The third-order valence-electron chi connectivity index (χ3n) is 9.08. The Labute approximate surface area is 221 Å². The van der Waals surface area contributed by atoms with Crippen molar-refractivity contribution in [2.24, 2.45) is 12.5 Å². The van der Waals surface area contributed by atoms with Crippen LogP contribution in [0.1, 0.15) is 113 Å². The Morgan fingerprint density at radius 3 is 2.22 bits per heavy atom. The molecule has 6 heteroatoms. The minimum Gasteiger partial charge on any atom is -0.483 e. The number of nitrogens with zero attached hydrogens (tertiary/aromatic N) is 1. The molecular formula is C31H44N2O4. The predicted octanol–water partition coefficient (Wildman–Crippen LogP) is 6.08. The summed E-state index contributed by atoms with van der Waals surface area (Å²) in [5, 5.41) is 21.1. The monoisotopic (exact) mass is 508 g/mol. The number of aromatic nitrogens is 1. The van der Waals surface area contributed by atoms with E-state index in [2.05, 4.69) is 55.0 Å². The highest BCUT2D eigenvalue weighted by atomic mass is 16.3. The third-order valence-corrected chi connectivity index (χ3v) is 9.08. The predicted molar refractivity (Wildman–Crippen MR) is 147 cm³/mol. The Hall–Kier alpha value is -2.60. The molecule has 3 aliphatic rings. The van der Waals surface area contributed by atoms with Gasteiger partial charge < -0.3 is 20.1 Å². The fourth-order valence-electron chi connectivity index (χ4n) is 5.91. The second-order valence-corrected chi connectivity index (χ2v) is 12.8. The highest BCUT2D eigenvalue weighted by Crippen LogP contribution is 2.50.